The number of rotatable bonds is 5. The Hall–Kier alpha value is -3.26. The number of aromatic nitrogens is 2. The normalized spacial score (nSPS) is 14.6. The molecule has 0 unspecified atom stereocenters. The molecule has 0 atom stereocenters. The lowest BCUT2D eigenvalue weighted by atomic mass is 10.1. The van der Waals surface area contributed by atoms with Crippen LogP contribution in [0.1, 0.15) is 39.3 Å². The lowest BCUT2D eigenvalue weighted by molar-refractivity contribution is 0.0697. The Morgan fingerprint density at radius 2 is 2.00 bits per heavy atom. The van der Waals surface area contributed by atoms with Crippen LogP contribution in [0.25, 0.3) is 10.9 Å². The third-order valence-corrected chi connectivity index (χ3v) is 5.29. The van der Waals surface area contributed by atoms with Crippen molar-refractivity contribution in [2.75, 3.05) is 20.3 Å². The number of nitrogens with zero attached hydrogens (tertiary/aromatic N) is 2. The van der Waals surface area contributed by atoms with Crippen LogP contribution in [0, 0.1) is 5.82 Å². The summed E-state index contributed by atoms with van der Waals surface area (Å²) in [7, 11) is 1.55. The van der Waals surface area contributed by atoms with E-state index in [1.807, 2.05) is 4.57 Å². The molecule has 0 radical (unpaired) electrons. The second kappa shape index (κ2) is 8.62. The van der Waals surface area contributed by atoms with E-state index in [4.69, 9.17) is 4.74 Å². The van der Waals surface area contributed by atoms with E-state index in [2.05, 4.69) is 15.6 Å². The van der Waals surface area contributed by atoms with E-state index >= 15 is 0 Å². The number of carbonyl (C=O) groups excluding carboxylic acids is 2. The van der Waals surface area contributed by atoms with Gasteiger partial charge in [0.15, 0.2) is 0 Å². The molecule has 156 valence electrons. The Labute approximate surface area is 173 Å². The number of carbonyl (C=O) groups is 2. The fourth-order valence-corrected chi connectivity index (χ4v) is 3.69. The van der Waals surface area contributed by atoms with Gasteiger partial charge in [0.1, 0.15) is 11.5 Å². The first-order chi connectivity index (χ1) is 14.6. The average Bonchev–Trinajstić information content (AvgIpc) is 3.14. The van der Waals surface area contributed by atoms with Gasteiger partial charge < -0.3 is 19.9 Å². The van der Waals surface area contributed by atoms with Crippen LogP contribution in [-0.2, 0) is 11.3 Å². The molecule has 30 heavy (non-hydrogen) atoms. The number of nitrogens with one attached hydrogen (secondary N) is 2. The van der Waals surface area contributed by atoms with Crippen molar-refractivity contribution in [1.29, 1.82) is 0 Å². The van der Waals surface area contributed by atoms with Crippen molar-refractivity contribution in [3.8, 4) is 0 Å². The summed E-state index contributed by atoms with van der Waals surface area (Å²) in [4.78, 5) is 28.7. The smallest absolute Gasteiger partial charge is 0.269 e. The minimum Gasteiger partial charge on any atom is -0.381 e. The number of pyridine rings is 1. The number of benzene rings is 1. The quantitative estimate of drug-likeness (QED) is 0.677. The van der Waals surface area contributed by atoms with Crippen LogP contribution in [0.5, 0.6) is 0 Å². The number of hydrogen-bond acceptors (Lipinski definition) is 4. The average molecular weight is 410 g/mol. The summed E-state index contributed by atoms with van der Waals surface area (Å²) < 4.78 is 21.8. The van der Waals surface area contributed by atoms with Crippen LogP contribution >= 0.6 is 0 Å². The van der Waals surface area contributed by atoms with Crippen LogP contribution in [-0.4, -0.2) is 47.7 Å². The molecule has 4 rings (SSSR count). The zero-order chi connectivity index (χ0) is 21.1. The zero-order valence-electron chi connectivity index (χ0n) is 16.7. The van der Waals surface area contributed by atoms with Crippen molar-refractivity contribution < 1.29 is 18.7 Å². The van der Waals surface area contributed by atoms with Gasteiger partial charge in [0.2, 0.25) is 0 Å². The van der Waals surface area contributed by atoms with Crippen LogP contribution < -0.4 is 10.6 Å². The summed E-state index contributed by atoms with van der Waals surface area (Å²) in [6.45, 7) is 1.62. The standard InChI is InChI=1S/C22H23FN4O3/c1-24-22(29)18-6-5-14(11-25-18)12-27-13-16(20-17(23)3-2-4-19(20)27)21(28)26-15-7-9-30-10-8-15/h2-6,11,13,15H,7-10,12H2,1H3,(H,24,29)(H,26,28). The van der Waals surface area contributed by atoms with Gasteiger partial charge in [0.05, 0.1) is 11.1 Å². The summed E-state index contributed by atoms with van der Waals surface area (Å²) >= 11 is 0. The largest absolute Gasteiger partial charge is 0.381 e. The predicted molar refractivity (Wildman–Crippen MR) is 110 cm³/mol. The monoisotopic (exact) mass is 410 g/mol. The molecule has 2 amide bonds. The number of hydrogen-bond donors (Lipinski definition) is 2. The molecule has 1 aromatic carbocycles. The molecule has 1 saturated heterocycles. The third kappa shape index (κ3) is 4.04. The second-order valence-electron chi connectivity index (χ2n) is 7.30. The number of amides is 2. The topological polar surface area (TPSA) is 85.2 Å². The molecule has 1 aliphatic heterocycles. The van der Waals surface area contributed by atoms with E-state index in [1.165, 1.54) is 6.07 Å². The SMILES string of the molecule is CNC(=O)c1ccc(Cn2cc(C(=O)NC3CCOCC3)c3c(F)cccc32)cn1. The van der Waals surface area contributed by atoms with Crippen LogP contribution in [0.15, 0.2) is 42.7 Å². The fourth-order valence-electron chi connectivity index (χ4n) is 3.69. The summed E-state index contributed by atoms with van der Waals surface area (Å²) in [6, 6.07) is 8.23. The lowest BCUT2D eigenvalue weighted by Crippen LogP contribution is -2.38. The molecule has 8 heteroatoms. The van der Waals surface area contributed by atoms with Crippen molar-refractivity contribution >= 4 is 22.7 Å². The molecule has 2 N–H and O–H groups in total. The molecule has 2 aromatic heterocycles. The Morgan fingerprint density at radius 1 is 1.20 bits per heavy atom. The molecule has 0 spiro atoms. The minimum absolute atomic E-state index is 0.0258. The Balaban J connectivity index is 1.63. The van der Waals surface area contributed by atoms with E-state index in [9.17, 15) is 14.0 Å². The molecular weight excluding hydrogens is 387 g/mol. The van der Waals surface area contributed by atoms with Crippen molar-refractivity contribution in [3.63, 3.8) is 0 Å². The first-order valence-corrected chi connectivity index (χ1v) is 9.90. The highest BCUT2D eigenvalue weighted by molar-refractivity contribution is 6.07. The van der Waals surface area contributed by atoms with E-state index < -0.39 is 5.82 Å². The lowest BCUT2D eigenvalue weighted by Gasteiger charge is -2.22. The highest BCUT2D eigenvalue weighted by atomic mass is 19.1. The van der Waals surface area contributed by atoms with Gasteiger partial charge in [0.25, 0.3) is 11.8 Å². The highest BCUT2D eigenvalue weighted by Crippen LogP contribution is 2.26. The van der Waals surface area contributed by atoms with Gasteiger partial charge in [0, 0.05) is 50.6 Å². The van der Waals surface area contributed by atoms with Crippen molar-refractivity contribution in [2.45, 2.75) is 25.4 Å². The maximum absolute atomic E-state index is 14.6. The summed E-state index contributed by atoms with van der Waals surface area (Å²) in [5.41, 5.74) is 2.09. The van der Waals surface area contributed by atoms with Crippen LogP contribution in [0.2, 0.25) is 0 Å². The van der Waals surface area contributed by atoms with Crippen molar-refractivity contribution in [2.24, 2.45) is 0 Å². The number of fused-ring (bicyclic) bond motifs is 1. The van der Waals surface area contributed by atoms with E-state index in [-0.39, 0.29) is 17.9 Å². The van der Waals surface area contributed by atoms with Gasteiger partial charge >= 0.3 is 0 Å². The van der Waals surface area contributed by atoms with Gasteiger partial charge in [-0.2, -0.15) is 0 Å². The first kappa shape index (κ1) is 20.0. The summed E-state index contributed by atoms with van der Waals surface area (Å²) in [5, 5.41) is 5.83. The molecule has 0 bridgehead atoms. The zero-order valence-corrected chi connectivity index (χ0v) is 16.7. The maximum Gasteiger partial charge on any atom is 0.269 e. The molecule has 3 heterocycles. The van der Waals surface area contributed by atoms with Crippen LogP contribution in [0.3, 0.4) is 0 Å². The van der Waals surface area contributed by atoms with Gasteiger partial charge in [-0.25, -0.2) is 4.39 Å². The second-order valence-corrected chi connectivity index (χ2v) is 7.30. The molecule has 0 saturated carbocycles. The number of halogens is 1. The molecular formula is C22H23FN4O3. The molecule has 7 nitrogen and oxygen atoms in total. The molecule has 0 aliphatic carbocycles. The van der Waals surface area contributed by atoms with Gasteiger partial charge in [-0.1, -0.05) is 12.1 Å². The molecule has 1 aliphatic rings. The summed E-state index contributed by atoms with van der Waals surface area (Å²) in [5.74, 6) is -0.984. The fraction of sp³-hybridized carbons (Fsp3) is 0.318. The van der Waals surface area contributed by atoms with Crippen molar-refractivity contribution in [1.82, 2.24) is 20.2 Å². The molecule has 3 aromatic rings. The summed E-state index contributed by atoms with van der Waals surface area (Å²) in [6.07, 6.45) is 4.78. The van der Waals surface area contributed by atoms with Gasteiger partial charge in [-0.3, -0.25) is 14.6 Å². The Kier molecular flexibility index (Phi) is 5.76. The van der Waals surface area contributed by atoms with E-state index in [0.29, 0.717) is 41.9 Å². The molecule has 1 fully saturated rings. The highest BCUT2D eigenvalue weighted by Gasteiger charge is 2.22. The van der Waals surface area contributed by atoms with Crippen molar-refractivity contribution in [3.05, 3.63) is 65.4 Å². The number of ether oxygens (including phenoxy) is 1. The minimum atomic E-state index is -0.434. The van der Waals surface area contributed by atoms with Gasteiger partial charge in [-0.05, 0) is 36.6 Å². The first-order valence-electron chi connectivity index (χ1n) is 9.90. The maximum atomic E-state index is 14.6. The van der Waals surface area contributed by atoms with E-state index in [0.717, 1.165) is 18.4 Å². The van der Waals surface area contributed by atoms with Gasteiger partial charge in [-0.15, -0.1) is 0 Å². The predicted octanol–water partition coefficient (Wildman–Crippen LogP) is 2.49. The van der Waals surface area contributed by atoms with Crippen LogP contribution in [0.4, 0.5) is 4.39 Å². The van der Waals surface area contributed by atoms with E-state index in [1.54, 1.807) is 43.7 Å². The third-order valence-electron chi connectivity index (χ3n) is 5.29. The Morgan fingerprint density at radius 3 is 2.70 bits per heavy atom. The Bertz CT molecular complexity index is 1070.